The number of carbonyl (C=O) groups is 1. The SMILES string of the molecule is CCC[S+](C)CCC(=O)/C=C/c1ccccc1. The van der Waals surface area contributed by atoms with Crippen LogP contribution in [-0.4, -0.2) is 23.5 Å². The van der Waals surface area contributed by atoms with Crippen LogP contribution < -0.4 is 0 Å². The molecule has 0 aliphatic heterocycles. The van der Waals surface area contributed by atoms with Crippen LogP contribution in [0.25, 0.3) is 6.08 Å². The maximum atomic E-state index is 11.6. The third-order valence-electron chi connectivity index (χ3n) is 2.51. The molecule has 0 aliphatic rings. The van der Waals surface area contributed by atoms with E-state index < -0.39 is 0 Å². The summed E-state index contributed by atoms with van der Waals surface area (Å²) in [5.41, 5.74) is 1.09. The van der Waals surface area contributed by atoms with Crippen molar-refractivity contribution in [2.45, 2.75) is 19.8 Å². The Morgan fingerprint density at radius 3 is 2.59 bits per heavy atom. The minimum atomic E-state index is 0.240. The van der Waals surface area contributed by atoms with Gasteiger partial charge >= 0.3 is 0 Å². The van der Waals surface area contributed by atoms with Crippen molar-refractivity contribution in [1.82, 2.24) is 0 Å². The van der Waals surface area contributed by atoms with Crippen molar-refractivity contribution in [2.24, 2.45) is 0 Å². The van der Waals surface area contributed by atoms with E-state index in [9.17, 15) is 4.79 Å². The molecule has 1 atom stereocenters. The summed E-state index contributed by atoms with van der Waals surface area (Å²) in [6.07, 6.45) is 7.75. The molecule has 0 heterocycles. The van der Waals surface area contributed by atoms with E-state index in [1.54, 1.807) is 6.08 Å². The minimum absolute atomic E-state index is 0.240. The first kappa shape index (κ1) is 14.0. The lowest BCUT2D eigenvalue weighted by Gasteiger charge is -1.99. The van der Waals surface area contributed by atoms with Crippen molar-refractivity contribution in [3.63, 3.8) is 0 Å². The van der Waals surface area contributed by atoms with Crippen LogP contribution in [0, 0.1) is 0 Å². The molecule has 2 heteroatoms. The lowest BCUT2D eigenvalue weighted by atomic mass is 10.2. The molecule has 1 unspecified atom stereocenters. The van der Waals surface area contributed by atoms with Gasteiger partial charge in [0.25, 0.3) is 0 Å². The highest BCUT2D eigenvalue weighted by molar-refractivity contribution is 7.96. The van der Waals surface area contributed by atoms with Gasteiger partial charge in [0.1, 0.15) is 11.5 Å². The molecular weight excluding hydrogens is 228 g/mol. The molecule has 0 amide bonds. The van der Waals surface area contributed by atoms with Gasteiger partial charge in [-0.3, -0.25) is 4.79 Å². The largest absolute Gasteiger partial charge is 0.295 e. The van der Waals surface area contributed by atoms with Crippen LogP contribution in [0.1, 0.15) is 25.3 Å². The second kappa shape index (κ2) is 8.13. The van der Waals surface area contributed by atoms with Crippen molar-refractivity contribution in [1.29, 1.82) is 0 Å². The van der Waals surface area contributed by atoms with Crippen molar-refractivity contribution in [2.75, 3.05) is 17.8 Å². The molecule has 0 saturated heterocycles. The smallest absolute Gasteiger partial charge is 0.160 e. The average molecular weight is 249 g/mol. The van der Waals surface area contributed by atoms with Gasteiger partial charge in [0.05, 0.1) is 12.7 Å². The first-order valence-electron chi connectivity index (χ1n) is 6.07. The lowest BCUT2D eigenvalue weighted by Crippen LogP contribution is -2.12. The van der Waals surface area contributed by atoms with Gasteiger partial charge in [0, 0.05) is 0 Å². The maximum absolute atomic E-state index is 11.6. The van der Waals surface area contributed by atoms with E-state index >= 15 is 0 Å². The number of allylic oxidation sites excluding steroid dienone is 1. The predicted octanol–water partition coefficient (Wildman–Crippen LogP) is 3.32. The molecule has 0 fully saturated rings. The molecule has 0 saturated carbocycles. The van der Waals surface area contributed by atoms with Gasteiger partial charge in [-0.25, -0.2) is 0 Å². The van der Waals surface area contributed by atoms with Crippen LogP contribution in [0.2, 0.25) is 0 Å². The summed E-state index contributed by atoms with van der Waals surface area (Å²) in [5, 5.41) is 0. The fourth-order valence-electron chi connectivity index (χ4n) is 1.56. The Hall–Kier alpha value is -1.02. The van der Waals surface area contributed by atoms with Crippen LogP contribution in [0.3, 0.4) is 0 Å². The molecule has 0 bridgehead atoms. The molecule has 0 aliphatic carbocycles. The standard InChI is InChI=1S/C15H21OS/c1-3-12-17(2)13-11-15(16)10-9-14-7-5-4-6-8-14/h4-10H,3,11-13H2,1-2H3/q+1/b10-9+. The molecule has 17 heavy (non-hydrogen) atoms. The third-order valence-corrected chi connectivity index (χ3v) is 4.52. The number of benzene rings is 1. The Balaban J connectivity index is 2.32. The zero-order valence-electron chi connectivity index (χ0n) is 10.7. The highest BCUT2D eigenvalue weighted by atomic mass is 32.2. The van der Waals surface area contributed by atoms with Crippen molar-refractivity contribution < 1.29 is 4.79 Å². The minimum Gasteiger partial charge on any atom is -0.295 e. The van der Waals surface area contributed by atoms with Gasteiger partial charge in [-0.15, -0.1) is 0 Å². The zero-order valence-corrected chi connectivity index (χ0v) is 11.5. The normalized spacial score (nSPS) is 12.8. The van der Waals surface area contributed by atoms with Gasteiger partial charge in [-0.05, 0) is 29.0 Å². The van der Waals surface area contributed by atoms with Crippen molar-refractivity contribution >= 4 is 22.8 Å². The van der Waals surface area contributed by atoms with Crippen LogP contribution in [-0.2, 0) is 15.7 Å². The van der Waals surface area contributed by atoms with E-state index in [0.29, 0.717) is 17.3 Å². The van der Waals surface area contributed by atoms with Crippen LogP contribution >= 0.6 is 0 Å². The topological polar surface area (TPSA) is 17.1 Å². The number of ketones is 1. The van der Waals surface area contributed by atoms with E-state index in [1.165, 1.54) is 12.2 Å². The maximum Gasteiger partial charge on any atom is 0.160 e. The van der Waals surface area contributed by atoms with Crippen LogP contribution in [0.5, 0.6) is 0 Å². The quantitative estimate of drug-likeness (QED) is 0.535. The van der Waals surface area contributed by atoms with Crippen molar-refractivity contribution in [3.8, 4) is 0 Å². The second-order valence-corrected chi connectivity index (χ2v) is 6.53. The average Bonchev–Trinajstić information content (AvgIpc) is 2.35. The molecule has 0 aromatic heterocycles. The van der Waals surface area contributed by atoms with E-state index in [1.807, 2.05) is 36.4 Å². The number of hydrogen-bond donors (Lipinski definition) is 0. The molecule has 0 N–H and O–H groups in total. The Morgan fingerprint density at radius 2 is 1.94 bits per heavy atom. The number of carbonyl (C=O) groups excluding carboxylic acids is 1. The highest BCUT2D eigenvalue weighted by Gasteiger charge is 2.10. The summed E-state index contributed by atoms with van der Waals surface area (Å²) in [4.78, 5) is 11.6. The molecular formula is C15H21OS+. The van der Waals surface area contributed by atoms with Crippen LogP contribution in [0.15, 0.2) is 36.4 Å². The Morgan fingerprint density at radius 1 is 1.24 bits per heavy atom. The molecule has 1 rings (SSSR count). The Bertz CT molecular complexity index is 356. The lowest BCUT2D eigenvalue weighted by molar-refractivity contribution is -0.114. The Kier molecular flexibility index (Phi) is 6.71. The van der Waals surface area contributed by atoms with Gasteiger partial charge in [-0.1, -0.05) is 43.3 Å². The molecule has 1 nitrogen and oxygen atoms in total. The number of hydrogen-bond acceptors (Lipinski definition) is 1. The van der Waals surface area contributed by atoms with E-state index in [0.717, 1.165) is 11.3 Å². The zero-order chi connectivity index (χ0) is 12.5. The molecule has 0 spiro atoms. The fourth-order valence-corrected chi connectivity index (χ4v) is 3.01. The molecule has 92 valence electrons. The van der Waals surface area contributed by atoms with Crippen molar-refractivity contribution in [3.05, 3.63) is 42.0 Å². The highest BCUT2D eigenvalue weighted by Crippen LogP contribution is 2.03. The fraction of sp³-hybridized carbons (Fsp3) is 0.400. The first-order chi connectivity index (χ1) is 8.22. The summed E-state index contributed by atoms with van der Waals surface area (Å²) in [5.74, 6) is 2.52. The first-order valence-corrected chi connectivity index (χ1v) is 8.04. The monoisotopic (exact) mass is 249 g/mol. The summed E-state index contributed by atoms with van der Waals surface area (Å²) < 4.78 is 0. The second-order valence-electron chi connectivity index (χ2n) is 4.15. The molecule has 0 radical (unpaired) electrons. The summed E-state index contributed by atoms with van der Waals surface area (Å²) >= 11 is 0. The van der Waals surface area contributed by atoms with E-state index in [4.69, 9.17) is 0 Å². The molecule has 1 aromatic carbocycles. The van der Waals surface area contributed by atoms with E-state index in [-0.39, 0.29) is 5.78 Å². The number of rotatable bonds is 7. The van der Waals surface area contributed by atoms with E-state index in [2.05, 4.69) is 13.2 Å². The molecule has 1 aromatic rings. The van der Waals surface area contributed by atoms with Gasteiger partial charge in [-0.2, -0.15) is 0 Å². The Labute approximate surface area is 107 Å². The van der Waals surface area contributed by atoms with Gasteiger partial charge < -0.3 is 0 Å². The third kappa shape index (κ3) is 6.32. The van der Waals surface area contributed by atoms with Gasteiger partial charge in [0.2, 0.25) is 0 Å². The predicted molar refractivity (Wildman–Crippen MR) is 78.4 cm³/mol. The summed E-state index contributed by atoms with van der Waals surface area (Å²) in [6.45, 7) is 2.20. The van der Waals surface area contributed by atoms with Crippen LogP contribution in [0.4, 0.5) is 0 Å². The summed E-state index contributed by atoms with van der Waals surface area (Å²) in [6, 6.07) is 9.95. The van der Waals surface area contributed by atoms with Gasteiger partial charge in [0.15, 0.2) is 5.78 Å². The summed E-state index contributed by atoms with van der Waals surface area (Å²) in [7, 11) is 0.407.